The quantitative estimate of drug-likeness (QED) is 0.248. The number of hydrogen-bond donors (Lipinski definition) is 3. The Kier molecular flexibility index (Phi) is 12.1. The second-order valence-corrected chi connectivity index (χ2v) is 13.1. The number of nitrogens with one attached hydrogen (secondary N) is 3. The van der Waals surface area contributed by atoms with E-state index in [1.807, 2.05) is 46.0 Å². The van der Waals surface area contributed by atoms with Crippen molar-refractivity contribution in [1.29, 1.82) is 0 Å². The fourth-order valence-corrected chi connectivity index (χ4v) is 6.03. The van der Waals surface area contributed by atoms with Gasteiger partial charge in [-0.1, -0.05) is 60.7 Å². The van der Waals surface area contributed by atoms with E-state index in [0.29, 0.717) is 44.6 Å². The highest BCUT2D eigenvalue weighted by atomic mass is 32.2. The predicted octanol–water partition coefficient (Wildman–Crippen LogP) is 2.39. The topological polar surface area (TPSA) is 134 Å². The molecule has 0 spiro atoms. The highest BCUT2D eigenvalue weighted by Crippen LogP contribution is 2.21. The number of benzene rings is 3. The van der Waals surface area contributed by atoms with Crippen molar-refractivity contribution in [2.45, 2.75) is 45.1 Å². The molecule has 0 aliphatic carbocycles. The van der Waals surface area contributed by atoms with Crippen LogP contribution < -0.4 is 20.1 Å². The van der Waals surface area contributed by atoms with Gasteiger partial charge in [-0.2, -0.15) is 0 Å². The van der Waals surface area contributed by atoms with Crippen molar-refractivity contribution < 1.29 is 27.5 Å². The normalized spacial score (nSPS) is 14.9. The van der Waals surface area contributed by atoms with Crippen molar-refractivity contribution in [2.75, 3.05) is 39.0 Å². The zero-order chi connectivity index (χ0) is 32.2. The highest BCUT2D eigenvalue weighted by molar-refractivity contribution is 7.89. The summed E-state index contributed by atoms with van der Waals surface area (Å²) in [6, 6.07) is 23.8. The van der Waals surface area contributed by atoms with E-state index < -0.39 is 22.5 Å². The van der Waals surface area contributed by atoms with Gasteiger partial charge in [-0.05, 0) is 65.6 Å². The Morgan fingerprint density at radius 1 is 0.911 bits per heavy atom. The van der Waals surface area contributed by atoms with Crippen LogP contribution >= 0.6 is 0 Å². The average molecular weight is 635 g/mol. The molecule has 4 rings (SSSR count). The lowest BCUT2D eigenvalue weighted by molar-refractivity contribution is -0.134. The van der Waals surface area contributed by atoms with Gasteiger partial charge in [-0.25, -0.2) is 8.42 Å². The first-order valence-corrected chi connectivity index (χ1v) is 17.1. The molecule has 240 valence electrons. The van der Waals surface area contributed by atoms with E-state index in [-0.39, 0.29) is 17.9 Å². The summed E-state index contributed by atoms with van der Waals surface area (Å²) in [7, 11) is -3.63. The van der Waals surface area contributed by atoms with Crippen molar-refractivity contribution >= 4 is 27.7 Å². The minimum absolute atomic E-state index is 0.00397. The Morgan fingerprint density at radius 3 is 2.16 bits per heavy atom. The second-order valence-electron chi connectivity index (χ2n) is 11.3. The molecule has 1 atom stereocenters. The minimum atomic E-state index is -3.63. The van der Waals surface area contributed by atoms with Crippen LogP contribution in [0.5, 0.6) is 5.75 Å². The van der Waals surface area contributed by atoms with E-state index in [2.05, 4.69) is 34.9 Å². The summed E-state index contributed by atoms with van der Waals surface area (Å²) >= 11 is 0. The van der Waals surface area contributed by atoms with E-state index in [4.69, 9.17) is 4.74 Å². The number of carbonyl (C=O) groups is 3. The molecule has 1 aliphatic rings. The molecule has 3 aromatic rings. The summed E-state index contributed by atoms with van der Waals surface area (Å²) in [6.45, 7) is 3.80. The fourth-order valence-electron chi connectivity index (χ4n) is 5.56. The van der Waals surface area contributed by atoms with E-state index in [1.54, 1.807) is 12.1 Å². The molecule has 0 radical (unpaired) electrons. The van der Waals surface area contributed by atoms with Gasteiger partial charge in [0.05, 0.1) is 6.26 Å². The Labute approximate surface area is 265 Å². The lowest BCUT2D eigenvalue weighted by Crippen LogP contribution is -2.54. The molecular formula is C34H42N4O6S. The molecule has 1 heterocycles. The van der Waals surface area contributed by atoms with Crippen LogP contribution in [0.15, 0.2) is 72.8 Å². The summed E-state index contributed by atoms with van der Waals surface area (Å²) in [6.07, 6.45) is 4.17. The van der Waals surface area contributed by atoms with Crippen LogP contribution in [0.2, 0.25) is 0 Å². The van der Waals surface area contributed by atoms with Gasteiger partial charge in [0, 0.05) is 45.6 Å². The molecule has 1 unspecified atom stereocenters. The number of sulfonamides is 1. The van der Waals surface area contributed by atoms with E-state index in [0.717, 1.165) is 36.8 Å². The Bertz CT molecular complexity index is 1580. The van der Waals surface area contributed by atoms with Gasteiger partial charge < -0.3 is 20.3 Å². The van der Waals surface area contributed by atoms with Crippen LogP contribution in [0.3, 0.4) is 0 Å². The SMILES string of the molecule is CC(=O)NCCc1ccccc1Cc1ccccc1CCC(=O)N1CCNCC1Cc1ccc(OCC(=O)NS(C)(=O)=O)cc1. The summed E-state index contributed by atoms with van der Waals surface area (Å²) in [4.78, 5) is 38.5. The molecule has 0 saturated carbocycles. The summed E-state index contributed by atoms with van der Waals surface area (Å²) < 4.78 is 29.6. The molecule has 1 fully saturated rings. The van der Waals surface area contributed by atoms with Gasteiger partial charge in [0.1, 0.15) is 5.75 Å². The number of nitrogens with zero attached hydrogens (tertiary/aromatic N) is 1. The first-order chi connectivity index (χ1) is 21.6. The Hall–Kier alpha value is -4.22. The first-order valence-electron chi connectivity index (χ1n) is 15.2. The number of rotatable bonds is 14. The third-order valence-electron chi connectivity index (χ3n) is 7.73. The Morgan fingerprint density at radius 2 is 1.53 bits per heavy atom. The monoisotopic (exact) mass is 634 g/mol. The van der Waals surface area contributed by atoms with Crippen LogP contribution in [0.4, 0.5) is 0 Å². The molecule has 1 aliphatic heterocycles. The maximum Gasteiger partial charge on any atom is 0.271 e. The minimum Gasteiger partial charge on any atom is -0.484 e. The molecule has 1 saturated heterocycles. The van der Waals surface area contributed by atoms with Crippen molar-refractivity contribution in [3.63, 3.8) is 0 Å². The van der Waals surface area contributed by atoms with Crippen molar-refractivity contribution in [3.05, 3.63) is 101 Å². The van der Waals surface area contributed by atoms with Gasteiger partial charge in [0.2, 0.25) is 21.8 Å². The lowest BCUT2D eigenvalue weighted by Gasteiger charge is -2.36. The predicted molar refractivity (Wildman–Crippen MR) is 173 cm³/mol. The fraction of sp³-hybridized carbons (Fsp3) is 0.382. The van der Waals surface area contributed by atoms with Crippen molar-refractivity contribution in [2.24, 2.45) is 0 Å². The smallest absolute Gasteiger partial charge is 0.271 e. The van der Waals surface area contributed by atoms with Gasteiger partial charge in [0.15, 0.2) is 6.61 Å². The molecule has 3 amide bonds. The number of ether oxygens (including phenoxy) is 1. The zero-order valence-electron chi connectivity index (χ0n) is 25.9. The largest absolute Gasteiger partial charge is 0.484 e. The molecular weight excluding hydrogens is 592 g/mol. The third-order valence-corrected chi connectivity index (χ3v) is 8.33. The maximum absolute atomic E-state index is 13.5. The van der Waals surface area contributed by atoms with E-state index >= 15 is 0 Å². The first kappa shape index (κ1) is 33.7. The molecule has 0 bridgehead atoms. The Balaban J connectivity index is 1.34. The molecule has 11 heteroatoms. The van der Waals surface area contributed by atoms with Crippen molar-refractivity contribution in [1.82, 2.24) is 20.3 Å². The maximum atomic E-state index is 13.5. The van der Waals surface area contributed by atoms with Crippen LogP contribution in [0, 0.1) is 0 Å². The van der Waals surface area contributed by atoms with Gasteiger partial charge in [-0.15, -0.1) is 0 Å². The van der Waals surface area contributed by atoms with Crippen molar-refractivity contribution in [3.8, 4) is 5.75 Å². The van der Waals surface area contributed by atoms with Crippen LogP contribution in [0.1, 0.15) is 41.2 Å². The highest BCUT2D eigenvalue weighted by Gasteiger charge is 2.26. The average Bonchev–Trinajstić information content (AvgIpc) is 3.00. The molecule has 45 heavy (non-hydrogen) atoms. The van der Waals surface area contributed by atoms with E-state index in [9.17, 15) is 22.8 Å². The summed E-state index contributed by atoms with van der Waals surface area (Å²) in [5.41, 5.74) is 5.81. The third kappa shape index (κ3) is 11.0. The number of amides is 3. The second kappa shape index (κ2) is 16.2. The zero-order valence-corrected chi connectivity index (χ0v) is 26.7. The molecule has 3 aromatic carbocycles. The standard InChI is InChI=1S/C34H42N4O6S/c1-25(39)36-18-17-28-8-4-6-10-30(28)22-29-9-5-3-7-27(29)13-16-34(41)38-20-19-35-23-31(38)21-26-11-14-32(15-12-26)44-24-33(40)37-45(2,42)43/h3-12,14-15,31,35H,13,16-24H2,1-2H3,(H,36,39)(H,37,40). The number of aryl methyl sites for hydroxylation is 1. The van der Waals surface area contributed by atoms with Crippen LogP contribution in [-0.4, -0.2) is 76.1 Å². The number of hydrogen-bond acceptors (Lipinski definition) is 7. The van der Waals surface area contributed by atoms with E-state index in [1.165, 1.54) is 23.6 Å². The van der Waals surface area contributed by atoms with Crippen LogP contribution in [0.25, 0.3) is 0 Å². The number of carbonyl (C=O) groups excluding carboxylic acids is 3. The molecule has 3 N–H and O–H groups in total. The van der Waals surface area contributed by atoms with Gasteiger partial charge in [-0.3, -0.25) is 19.1 Å². The molecule has 10 nitrogen and oxygen atoms in total. The summed E-state index contributed by atoms with van der Waals surface area (Å²) in [5.74, 6) is -0.195. The molecule has 0 aromatic heterocycles. The van der Waals surface area contributed by atoms with Gasteiger partial charge >= 0.3 is 0 Å². The summed E-state index contributed by atoms with van der Waals surface area (Å²) in [5, 5.41) is 6.28. The lowest BCUT2D eigenvalue weighted by atomic mass is 9.93. The van der Waals surface area contributed by atoms with Gasteiger partial charge in [0.25, 0.3) is 5.91 Å². The van der Waals surface area contributed by atoms with Crippen LogP contribution in [-0.2, 0) is 50.1 Å². The number of piperazine rings is 1.